The molecule has 1 aliphatic carbocycles. The Morgan fingerprint density at radius 1 is 1.13 bits per heavy atom. The van der Waals surface area contributed by atoms with E-state index >= 15 is 0 Å². The third kappa shape index (κ3) is 1.24. The number of hydrogen-bond acceptors (Lipinski definition) is 3. The Hall–Kier alpha value is -1.16. The Kier molecular flexibility index (Phi) is 1.92. The van der Waals surface area contributed by atoms with Crippen LogP contribution < -0.4 is 0 Å². The smallest absolute Gasteiger partial charge is 0.110 e. The van der Waals surface area contributed by atoms with E-state index in [1.165, 1.54) is 0 Å². The van der Waals surface area contributed by atoms with E-state index in [1.54, 1.807) is 17.4 Å². The van der Waals surface area contributed by atoms with Crippen molar-refractivity contribution >= 4 is 27.5 Å². The second-order valence-corrected chi connectivity index (χ2v) is 4.75. The standard InChI is InChI=1S/C12H10O2S/c13-8-5-6-10-11(12(8)14)7-3-1-2-4-9(7)15-10/h1-6,8,12-14H/t8-,12-/m0/s1. The maximum absolute atomic E-state index is 9.92. The Labute approximate surface area is 91.1 Å². The molecule has 2 atom stereocenters. The fraction of sp³-hybridized carbons (Fsp3) is 0.167. The molecule has 0 bridgehead atoms. The van der Waals surface area contributed by atoms with Gasteiger partial charge >= 0.3 is 0 Å². The van der Waals surface area contributed by atoms with Crippen molar-refractivity contribution < 1.29 is 10.2 Å². The van der Waals surface area contributed by atoms with Crippen LogP contribution in [-0.4, -0.2) is 16.3 Å². The first-order valence-electron chi connectivity index (χ1n) is 4.83. The summed E-state index contributed by atoms with van der Waals surface area (Å²) in [5.74, 6) is 0. The molecule has 0 aliphatic heterocycles. The van der Waals surface area contributed by atoms with Gasteiger partial charge in [0.2, 0.25) is 0 Å². The first-order valence-corrected chi connectivity index (χ1v) is 5.65. The van der Waals surface area contributed by atoms with Gasteiger partial charge < -0.3 is 10.2 Å². The second-order valence-electron chi connectivity index (χ2n) is 3.67. The monoisotopic (exact) mass is 218 g/mol. The number of hydrogen-bond donors (Lipinski definition) is 2. The van der Waals surface area contributed by atoms with Crippen molar-refractivity contribution in [1.29, 1.82) is 0 Å². The Bertz CT molecular complexity index is 542. The summed E-state index contributed by atoms with van der Waals surface area (Å²) in [6, 6.07) is 7.95. The second kappa shape index (κ2) is 3.17. The SMILES string of the molecule is O[C@@H]1c2c(sc3ccccc23)C=C[C@@H]1O. The van der Waals surface area contributed by atoms with Gasteiger partial charge in [0.1, 0.15) is 12.2 Å². The van der Waals surface area contributed by atoms with E-state index in [9.17, 15) is 10.2 Å². The molecule has 0 saturated carbocycles. The summed E-state index contributed by atoms with van der Waals surface area (Å²) >= 11 is 1.65. The molecule has 76 valence electrons. The number of rotatable bonds is 0. The van der Waals surface area contributed by atoms with Crippen LogP contribution in [0, 0.1) is 0 Å². The van der Waals surface area contributed by atoms with Crippen LogP contribution in [0.3, 0.4) is 0 Å². The zero-order valence-electron chi connectivity index (χ0n) is 7.92. The predicted octanol–water partition coefficient (Wildman–Crippen LogP) is 2.32. The highest BCUT2D eigenvalue weighted by atomic mass is 32.1. The molecule has 0 spiro atoms. The number of fused-ring (bicyclic) bond motifs is 3. The van der Waals surface area contributed by atoms with Gasteiger partial charge in [-0.3, -0.25) is 0 Å². The molecule has 1 aromatic carbocycles. The first-order chi connectivity index (χ1) is 7.27. The van der Waals surface area contributed by atoms with E-state index in [1.807, 2.05) is 30.3 Å². The molecule has 1 aromatic heterocycles. The molecule has 1 aliphatic rings. The number of aliphatic hydroxyl groups is 2. The van der Waals surface area contributed by atoms with Gasteiger partial charge in [0.15, 0.2) is 0 Å². The van der Waals surface area contributed by atoms with Crippen LogP contribution in [0.25, 0.3) is 16.2 Å². The van der Waals surface area contributed by atoms with Gasteiger partial charge in [-0.25, -0.2) is 0 Å². The first kappa shape index (κ1) is 9.09. The Morgan fingerprint density at radius 3 is 2.80 bits per heavy atom. The molecule has 0 saturated heterocycles. The van der Waals surface area contributed by atoms with E-state index in [0.717, 1.165) is 20.5 Å². The van der Waals surface area contributed by atoms with Gasteiger partial charge in [-0.05, 0) is 17.5 Å². The average Bonchev–Trinajstić information content (AvgIpc) is 2.62. The highest BCUT2D eigenvalue weighted by Crippen LogP contribution is 2.40. The lowest BCUT2D eigenvalue weighted by molar-refractivity contribution is 0.0483. The summed E-state index contributed by atoms with van der Waals surface area (Å²) < 4.78 is 1.15. The third-order valence-electron chi connectivity index (χ3n) is 2.73. The molecule has 2 aromatic rings. The van der Waals surface area contributed by atoms with Crippen molar-refractivity contribution in [1.82, 2.24) is 0 Å². The molecule has 15 heavy (non-hydrogen) atoms. The van der Waals surface area contributed by atoms with Crippen molar-refractivity contribution in [3.8, 4) is 0 Å². The van der Waals surface area contributed by atoms with Gasteiger partial charge in [-0.15, -0.1) is 11.3 Å². The lowest BCUT2D eigenvalue weighted by atomic mass is 9.96. The molecule has 0 fully saturated rings. The van der Waals surface area contributed by atoms with Crippen LogP contribution >= 0.6 is 11.3 Å². The van der Waals surface area contributed by atoms with Crippen LogP contribution in [0.1, 0.15) is 16.5 Å². The normalized spacial score (nSPS) is 24.4. The molecule has 0 unspecified atom stereocenters. The van der Waals surface area contributed by atoms with Gasteiger partial charge in [0.25, 0.3) is 0 Å². The van der Waals surface area contributed by atoms with Gasteiger partial charge in [0.05, 0.1) is 0 Å². The summed E-state index contributed by atoms with van der Waals surface area (Å²) in [7, 11) is 0. The van der Waals surface area contributed by atoms with Gasteiger partial charge in [0, 0.05) is 15.1 Å². The maximum atomic E-state index is 9.92. The summed E-state index contributed by atoms with van der Waals surface area (Å²) in [5, 5.41) is 20.5. The molecule has 2 N–H and O–H groups in total. The molecular weight excluding hydrogens is 208 g/mol. The van der Waals surface area contributed by atoms with Crippen LogP contribution in [0.4, 0.5) is 0 Å². The number of benzene rings is 1. The lowest BCUT2D eigenvalue weighted by Gasteiger charge is -2.19. The third-order valence-corrected chi connectivity index (χ3v) is 3.88. The van der Waals surface area contributed by atoms with Gasteiger partial charge in [-0.1, -0.05) is 24.3 Å². The zero-order chi connectivity index (χ0) is 10.4. The van der Waals surface area contributed by atoms with Crippen LogP contribution in [0.15, 0.2) is 30.3 Å². The average molecular weight is 218 g/mol. The van der Waals surface area contributed by atoms with Crippen LogP contribution in [0.2, 0.25) is 0 Å². The van der Waals surface area contributed by atoms with E-state index in [4.69, 9.17) is 0 Å². The fourth-order valence-electron chi connectivity index (χ4n) is 1.98. The topological polar surface area (TPSA) is 40.5 Å². The van der Waals surface area contributed by atoms with Crippen molar-refractivity contribution in [2.75, 3.05) is 0 Å². The van der Waals surface area contributed by atoms with Crippen molar-refractivity contribution in [3.05, 3.63) is 40.8 Å². The molecule has 2 nitrogen and oxygen atoms in total. The minimum atomic E-state index is -0.791. The molecular formula is C12H10O2S. The van der Waals surface area contributed by atoms with Crippen molar-refractivity contribution in [3.63, 3.8) is 0 Å². The van der Waals surface area contributed by atoms with Gasteiger partial charge in [-0.2, -0.15) is 0 Å². The van der Waals surface area contributed by atoms with E-state index in [-0.39, 0.29) is 0 Å². The van der Waals surface area contributed by atoms with Crippen LogP contribution in [-0.2, 0) is 0 Å². The summed E-state index contributed by atoms with van der Waals surface area (Å²) in [6.07, 6.45) is 1.96. The maximum Gasteiger partial charge on any atom is 0.110 e. The number of aliphatic hydroxyl groups excluding tert-OH is 2. The molecule has 1 heterocycles. The van der Waals surface area contributed by atoms with E-state index < -0.39 is 12.2 Å². The minimum absolute atomic E-state index is 0.782. The lowest BCUT2D eigenvalue weighted by Crippen LogP contribution is -2.18. The minimum Gasteiger partial charge on any atom is -0.386 e. The Balaban J connectivity index is 2.35. The highest BCUT2D eigenvalue weighted by Gasteiger charge is 2.26. The Morgan fingerprint density at radius 2 is 1.93 bits per heavy atom. The zero-order valence-corrected chi connectivity index (χ0v) is 8.74. The predicted molar refractivity (Wildman–Crippen MR) is 61.8 cm³/mol. The van der Waals surface area contributed by atoms with E-state index in [2.05, 4.69) is 0 Å². The highest BCUT2D eigenvalue weighted by molar-refractivity contribution is 7.20. The van der Waals surface area contributed by atoms with Crippen molar-refractivity contribution in [2.24, 2.45) is 0 Å². The summed E-state index contributed by atoms with van der Waals surface area (Å²) in [6.45, 7) is 0. The number of thiophene rings is 1. The van der Waals surface area contributed by atoms with Crippen molar-refractivity contribution in [2.45, 2.75) is 12.2 Å². The summed E-state index contributed by atoms with van der Waals surface area (Å²) in [4.78, 5) is 1.05. The largest absolute Gasteiger partial charge is 0.386 e. The molecule has 0 amide bonds. The fourth-order valence-corrected chi connectivity index (χ4v) is 3.13. The quantitative estimate of drug-likeness (QED) is 0.712. The van der Waals surface area contributed by atoms with Crippen LogP contribution in [0.5, 0.6) is 0 Å². The molecule has 3 heteroatoms. The molecule has 0 radical (unpaired) electrons. The van der Waals surface area contributed by atoms with E-state index in [0.29, 0.717) is 0 Å². The summed E-state index contributed by atoms with van der Waals surface area (Å²) in [5.41, 5.74) is 0.866. The molecule has 3 rings (SSSR count).